The van der Waals surface area contributed by atoms with E-state index < -0.39 is 10.0 Å². The van der Waals surface area contributed by atoms with Crippen LogP contribution < -0.4 is 9.62 Å². The van der Waals surface area contributed by atoms with Gasteiger partial charge < -0.3 is 4.90 Å². The normalized spacial score (nSPS) is 20.0. The molecule has 1 N–H and O–H groups in total. The van der Waals surface area contributed by atoms with Crippen LogP contribution in [0.5, 0.6) is 0 Å². The van der Waals surface area contributed by atoms with Gasteiger partial charge in [-0.2, -0.15) is 12.6 Å². The lowest BCUT2D eigenvalue weighted by Crippen LogP contribution is -2.28. The molecule has 0 spiro atoms. The van der Waals surface area contributed by atoms with Crippen molar-refractivity contribution in [3.63, 3.8) is 0 Å². The van der Waals surface area contributed by atoms with Gasteiger partial charge in [0.05, 0.1) is 5.69 Å². The average Bonchev–Trinajstić information content (AvgIpc) is 2.80. The lowest BCUT2D eigenvalue weighted by Gasteiger charge is -2.19. The molecule has 0 saturated carbocycles. The number of benzene rings is 1. The molecule has 19 heavy (non-hydrogen) atoms. The lowest BCUT2D eigenvalue weighted by atomic mass is 10.1. The van der Waals surface area contributed by atoms with E-state index in [1.165, 1.54) is 18.0 Å². The molecule has 1 unspecified atom stereocenters. The summed E-state index contributed by atoms with van der Waals surface area (Å²) in [6.45, 7) is 0.512. The Morgan fingerprint density at radius 1 is 1.42 bits per heavy atom. The summed E-state index contributed by atoms with van der Waals surface area (Å²) in [5.41, 5.74) is 0.436. The number of sulfonamides is 1. The molecule has 0 aliphatic carbocycles. The van der Waals surface area contributed by atoms with E-state index in [0.29, 0.717) is 24.4 Å². The summed E-state index contributed by atoms with van der Waals surface area (Å²) < 4.78 is 26.2. The van der Waals surface area contributed by atoms with Crippen LogP contribution in [0.1, 0.15) is 6.42 Å². The summed E-state index contributed by atoms with van der Waals surface area (Å²) in [6, 6.07) is 6.53. The number of thiol groups is 1. The highest BCUT2D eigenvalue weighted by Crippen LogP contribution is 2.30. The van der Waals surface area contributed by atoms with Crippen molar-refractivity contribution in [3.05, 3.63) is 24.3 Å². The highest BCUT2D eigenvalue weighted by atomic mass is 32.2. The van der Waals surface area contributed by atoms with Crippen molar-refractivity contribution >= 4 is 34.2 Å². The molecule has 2 rings (SSSR count). The van der Waals surface area contributed by atoms with Gasteiger partial charge in [-0.1, -0.05) is 12.1 Å². The molecule has 104 valence electrons. The molecule has 1 amide bonds. The molecule has 1 saturated heterocycles. The quantitative estimate of drug-likeness (QED) is 0.811. The Balaban J connectivity index is 2.44. The smallest absolute Gasteiger partial charge is 0.242 e. The van der Waals surface area contributed by atoms with Crippen LogP contribution in [0.3, 0.4) is 0 Å². The summed E-state index contributed by atoms with van der Waals surface area (Å²) in [6.07, 6.45) is 0.414. The molecule has 1 aliphatic rings. The van der Waals surface area contributed by atoms with Gasteiger partial charge in [0.15, 0.2) is 0 Å². The second-order valence-electron chi connectivity index (χ2n) is 4.43. The SMILES string of the molecule is CNS(=O)(=O)c1ccccc1N1CC(CS)CC1=O. The van der Waals surface area contributed by atoms with E-state index in [4.69, 9.17) is 0 Å². The zero-order valence-corrected chi connectivity index (χ0v) is 12.2. The molecule has 0 radical (unpaired) electrons. The van der Waals surface area contributed by atoms with Crippen molar-refractivity contribution in [1.29, 1.82) is 0 Å². The zero-order chi connectivity index (χ0) is 14.0. The van der Waals surface area contributed by atoms with Crippen molar-refractivity contribution in [2.24, 2.45) is 5.92 Å². The summed E-state index contributed by atoms with van der Waals surface area (Å²) in [7, 11) is -2.22. The van der Waals surface area contributed by atoms with Crippen LogP contribution in [0.15, 0.2) is 29.2 Å². The lowest BCUT2D eigenvalue weighted by molar-refractivity contribution is -0.117. The average molecular weight is 300 g/mol. The Labute approximate surface area is 118 Å². The van der Waals surface area contributed by atoms with Gasteiger partial charge in [-0.05, 0) is 30.9 Å². The Hall–Kier alpha value is -1.05. The number of para-hydroxylation sites is 1. The van der Waals surface area contributed by atoms with E-state index in [1.807, 2.05) is 0 Å². The number of nitrogens with zero attached hydrogens (tertiary/aromatic N) is 1. The summed E-state index contributed by atoms with van der Waals surface area (Å²) in [4.78, 5) is 13.7. The third-order valence-electron chi connectivity index (χ3n) is 3.18. The minimum Gasteiger partial charge on any atom is -0.311 e. The van der Waals surface area contributed by atoms with Crippen LogP contribution in [0, 0.1) is 5.92 Å². The van der Waals surface area contributed by atoms with Gasteiger partial charge >= 0.3 is 0 Å². The minimum absolute atomic E-state index is 0.0576. The number of carbonyl (C=O) groups excluding carboxylic acids is 1. The second kappa shape index (κ2) is 5.52. The highest BCUT2D eigenvalue weighted by Gasteiger charge is 2.32. The summed E-state index contributed by atoms with van der Waals surface area (Å²) in [5.74, 6) is 0.724. The van der Waals surface area contributed by atoms with Crippen molar-refractivity contribution in [2.75, 3.05) is 24.2 Å². The second-order valence-corrected chi connectivity index (χ2v) is 6.65. The molecule has 7 heteroatoms. The number of carbonyl (C=O) groups is 1. The fourth-order valence-corrected chi connectivity index (χ4v) is 3.33. The molecule has 1 aliphatic heterocycles. The third-order valence-corrected chi connectivity index (χ3v) is 5.16. The van der Waals surface area contributed by atoms with Gasteiger partial charge in [0.1, 0.15) is 4.90 Å². The molecule has 1 fully saturated rings. The zero-order valence-electron chi connectivity index (χ0n) is 10.5. The first-order valence-corrected chi connectivity index (χ1v) is 8.05. The Morgan fingerprint density at radius 2 is 2.11 bits per heavy atom. The van der Waals surface area contributed by atoms with Gasteiger partial charge in [0, 0.05) is 13.0 Å². The number of rotatable bonds is 4. The summed E-state index contributed by atoms with van der Waals surface area (Å²) in [5, 5.41) is 0. The van der Waals surface area contributed by atoms with Crippen LogP contribution >= 0.6 is 12.6 Å². The monoisotopic (exact) mass is 300 g/mol. The van der Waals surface area contributed by atoms with Crippen LogP contribution in [0.25, 0.3) is 0 Å². The maximum atomic E-state index is 12.0. The molecular formula is C12H16N2O3S2. The molecule has 1 aromatic carbocycles. The number of anilines is 1. The number of nitrogens with one attached hydrogen (secondary N) is 1. The predicted molar refractivity (Wildman–Crippen MR) is 77.0 cm³/mol. The molecule has 1 atom stereocenters. The van der Waals surface area contributed by atoms with Crippen LogP contribution in [0.2, 0.25) is 0 Å². The molecule has 0 aromatic heterocycles. The molecular weight excluding hydrogens is 284 g/mol. The third kappa shape index (κ3) is 2.77. The van der Waals surface area contributed by atoms with Gasteiger partial charge in [0.25, 0.3) is 0 Å². The first kappa shape index (κ1) is 14.4. The van der Waals surface area contributed by atoms with Crippen LogP contribution in [-0.2, 0) is 14.8 Å². The first-order valence-electron chi connectivity index (χ1n) is 5.93. The van der Waals surface area contributed by atoms with E-state index in [9.17, 15) is 13.2 Å². The van der Waals surface area contributed by atoms with E-state index in [1.54, 1.807) is 18.2 Å². The molecule has 5 nitrogen and oxygen atoms in total. The number of hydrogen-bond acceptors (Lipinski definition) is 4. The largest absolute Gasteiger partial charge is 0.311 e. The fourth-order valence-electron chi connectivity index (χ4n) is 2.15. The highest BCUT2D eigenvalue weighted by molar-refractivity contribution is 7.89. The fraction of sp³-hybridized carbons (Fsp3) is 0.417. The van der Waals surface area contributed by atoms with E-state index in [0.717, 1.165) is 0 Å². The Morgan fingerprint density at radius 3 is 2.68 bits per heavy atom. The number of hydrogen-bond donors (Lipinski definition) is 2. The van der Waals surface area contributed by atoms with Crippen LogP contribution in [-0.4, -0.2) is 33.7 Å². The molecule has 1 aromatic rings. The first-order chi connectivity index (χ1) is 8.99. The Bertz CT molecular complexity index is 586. The number of amides is 1. The van der Waals surface area contributed by atoms with Gasteiger partial charge in [-0.15, -0.1) is 0 Å². The van der Waals surface area contributed by atoms with E-state index in [2.05, 4.69) is 17.4 Å². The summed E-state index contributed by atoms with van der Waals surface area (Å²) >= 11 is 4.20. The maximum Gasteiger partial charge on any atom is 0.242 e. The van der Waals surface area contributed by atoms with Crippen molar-refractivity contribution in [1.82, 2.24) is 4.72 Å². The van der Waals surface area contributed by atoms with Crippen molar-refractivity contribution in [3.8, 4) is 0 Å². The predicted octanol–water partition coefficient (Wildman–Crippen LogP) is 0.877. The van der Waals surface area contributed by atoms with Gasteiger partial charge in [-0.25, -0.2) is 13.1 Å². The van der Waals surface area contributed by atoms with Crippen LogP contribution in [0.4, 0.5) is 5.69 Å². The Kier molecular flexibility index (Phi) is 4.17. The maximum absolute atomic E-state index is 12.0. The van der Waals surface area contributed by atoms with E-state index in [-0.39, 0.29) is 16.7 Å². The van der Waals surface area contributed by atoms with Crippen molar-refractivity contribution < 1.29 is 13.2 Å². The topological polar surface area (TPSA) is 66.5 Å². The molecule has 0 bridgehead atoms. The van der Waals surface area contributed by atoms with E-state index >= 15 is 0 Å². The van der Waals surface area contributed by atoms with Gasteiger partial charge in [0.2, 0.25) is 15.9 Å². The van der Waals surface area contributed by atoms with Gasteiger partial charge in [-0.3, -0.25) is 4.79 Å². The standard InChI is InChI=1S/C12H16N2O3S2/c1-13-19(16,17)11-5-3-2-4-10(11)14-7-9(8-18)6-12(14)15/h2-5,9,13,18H,6-8H2,1H3. The molecule has 1 heterocycles. The minimum atomic E-state index is -3.58. The van der Waals surface area contributed by atoms with Crippen molar-refractivity contribution in [2.45, 2.75) is 11.3 Å².